The van der Waals surface area contributed by atoms with E-state index in [0.717, 1.165) is 10.0 Å². The van der Waals surface area contributed by atoms with E-state index in [0.29, 0.717) is 11.3 Å². The van der Waals surface area contributed by atoms with Crippen LogP contribution in [0.4, 0.5) is 15.8 Å². The molecule has 0 aliphatic carbocycles. The molecule has 2 aromatic carbocycles. The van der Waals surface area contributed by atoms with Gasteiger partial charge in [-0.25, -0.2) is 4.39 Å². The Kier molecular flexibility index (Phi) is 3.85. The molecule has 3 N–H and O–H groups in total. The van der Waals surface area contributed by atoms with Gasteiger partial charge in [0.2, 0.25) is 0 Å². The monoisotopic (exact) mass is 322 g/mol. The summed E-state index contributed by atoms with van der Waals surface area (Å²) < 4.78 is 14.3. The number of hydrogen-bond donors (Lipinski definition) is 2. The van der Waals surface area contributed by atoms with Crippen LogP contribution in [0.1, 0.15) is 15.9 Å². The minimum absolute atomic E-state index is 0.0710. The lowest BCUT2D eigenvalue weighted by atomic mass is 10.1. The number of rotatable bonds is 2. The molecule has 0 heterocycles. The molecule has 0 bridgehead atoms. The van der Waals surface area contributed by atoms with Crippen LogP contribution in [0.15, 0.2) is 40.9 Å². The Labute approximate surface area is 118 Å². The van der Waals surface area contributed by atoms with E-state index in [9.17, 15) is 9.18 Å². The molecule has 5 heteroatoms. The van der Waals surface area contributed by atoms with Crippen molar-refractivity contribution in [3.05, 3.63) is 57.8 Å². The van der Waals surface area contributed by atoms with Crippen LogP contribution in [-0.2, 0) is 0 Å². The third-order valence-corrected chi connectivity index (χ3v) is 3.53. The van der Waals surface area contributed by atoms with Crippen molar-refractivity contribution in [3.8, 4) is 0 Å². The van der Waals surface area contributed by atoms with Gasteiger partial charge in [0.1, 0.15) is 5.82 Å². The van der Waals surface area contributed by atoms with Crippen LogP contribution < -0.4 is 11.1 Å². The minimum Gasteiger partial charge on any atom is -0.399 e. The van der Waals surface area contributed by atoms with Gasteiger partial charge in [0.25, 0.3) is 5.91 Å². The molecule has 0 aromatic heterocycles. The SMILES string of the molecule is Cc1ccc(C(=O)Nc2cc(N)ccc2F)cc1Br. The predicted molar refractivity (Wildman–Crippen MR) is 77.6 cm³/mol. The largest absolute Gasteiger partial charge is 0.399 e. The van der Waals surface area contributed by atoms with Crippen LogP contribution in [0.2, 0.25) is 0 Å². The van der Waals surface area contributed by atoms with Crippen LogP contribution in [0.25, 0.3) is 0 Å². The Balaban J connectivity index is 2.25. The molecule has 98 valence electrons. The van der Waals surface area contributed by atoms with Crippen LogP contribution in [0.5, 0.6) is 0 Å². The average Bonchev–Trinajstić information content (AvgIpc) is 2.37. The third kappa shape index (κ3) is 3.12. The summed E-state index contributed by atoms with van der Waals surface area (Å²) in [4.78, 5) is 12.0. The summed E-state index contributed by atoms with van der Waals surface area (Å²) in [6.07, 6.45) is 0. The molecule has 2 rings (SSSR count). The van der Waals surface area contributed by atoms with Gasteiger partial charge in [-0.2, -0.15) is 0 Å². The lowest BCUT2D eigenvalue weighted by Crippen LogP contribution is -2.13. The highest BCUT2D eigenvalue weighted by Gasteiger charge is 2.10. The maximum Gasteiger partial charge on any atom is 0.255 e. The summed E-state index contributed by atoms with van der Waals surface area (Å²) in [7, 11) is 0. The van der Waals surface area contributed by atoms with Crippen molar-refractivity contribution in [2.75, 3.05) is 11.1 Å². The average molecular weight is 323 g/mol. The van der Waals surface area contributed by atoms with Crippen LogP contribution >= 0.6 is 15.9 Å². The summed E-state index contributed by atoms with van der Waals surface area (Å²) in [5.41, 5.74) is 7.49. The number of benzene rings is 2. The fourth-order valence-electron chi connectivity index (χ4n) is 1.57. The van der Waals surface area contributed by atoms with Gasteiger partial charge < -0.3 is 11.1 Å². The van der Waals surface area contributed by atoms with Crippen LogP contribution in [-0.4, -0.2) is 5.91 Å². The first-order valence-corrected chi connectivity index (χ1v) is 6.39. The van der Waals surface area contributed by atoms with Gasteiger partial charge in [0, 0.05) is 15.7 Å². The van der Waals surface area contributed by atoms with Crippen molar-refractivity contribution in [1.82, 2.24) is 0 Å². The highest BCUT2D eigenvalue weighted by atomic mass is 79.9. The number of nitrogens with two attached hydrogens (primary N) is 1. The number of anilines is 2. The maximum atomic E-state index is 13.5. The third-order valence-electron chi connectivity index (χ3n) is 2.67. The number of halogens is 2. The van der Waals surface area contributed by atoms with Gasteiger partial charge in [-0.15, -0.1) is 0 Å². The molecule has 1 amide bonds. The quantitative estimate of drug-likeness (QED) is 0.828. The molecule has 0 spiro atoms. The van der Waals surface area contributed by atoms with Crippen molar-refractivity contribution in [2.45, 2.75) is 6.92 Å². The van der Waals surface area contributed by atoms with Gasteiger partial charge >= 0.3 is 0 Å². The Bertz CT molecular complexity index is 643. The normalized spacial score (nSPS) is 10.3. The summed E-state index contributed by atoms with van der Waals surface area (Å²) in [5, 5.41) is 2.50. The molecule has 19 heavy (non-hydrogen) atoms. The Hall–Kier alpha value is -1.88. The van der Waals surface area contributed by atoms with Crippen molar-refractivity contribution >= 4 is 33.2 Å². The number of nitrogens with one attached hydrogen (secondary N) is 1. The Morgan fingerprint density at radius 2 is 2.00 bits per heavy atom. The molecule has 0 saturated heterocycles. The number of aryl methyl sites for hydroxylation is 1. The van der Waals surface area contributed by atoms with E-state index in [1.54, 1.807) is 12.1 Å². The lowest BCUT2D eigenvalue weighted by Gasteiger charge is -2.08. The second-order valence-electron chi connectivity index (χ2n) is 4.16. The summed E-state index contributed by atoms with van der Waals surface area (Å²) in [5.74, 6) is -0.904. The first-order valence-electron chi connectivity index (χ1n) is 5.60. The van der Waals surface area contributed by atoms with E-state index in [1.165, 1.54) is 18.2 Å². The zero-order valence-corrected chi connectivity index (χ0v) is 11.8. The number of hydrogen-bond acceptors (Lipinski definition) is 2. The van der Waals surface area contributed by atoms with Crippen molar-refractivity contribution in [3.63, 3.8) is 0 Å². The summed E-state index contributed by atoms with van der Waals surface area (Å²) in [6, 6.07) is 9.23. The van der Waals surface area contributed by atoms with Crippen molar-refractivity contribution in [1.29, 1.82) is 0 Å². The summed E-state index contributed by atoms with van der Waals surface area (Å²) >= 11 is 3.35. The maximum absolute atomic E-state index is 13.5. The molecule has 0 atom stereocenters. The van der Waals surface area contributed by atoms with E-state index in [-0.39, 0.29) is 11.6 Å². The molecular formula is C14H12BrFN2O. The number of nitrogen functional groups attached to an aromatic ring is 1. The smallest absolute Gasteiger partial charge is 0.255 e. The van der Waals surface area contributed by atoms with Crippen molar-refractivity contribution < 1.29 is 9.18 Å². The van der Waals surface area contributed by atoms with Gasteiger partial charge in [-0.3, -0.25) is 4.79 Å². The molecule has 0 fully saturated rings. The molecular weight excluding hydrogens is 311 g/mol. The van der Waals surface area contributed by atoms with Gasteiger partial charge in [0.05, 0.1) is 5.69 Å². The van der Waals surface area contributed by atoms with Crippen molar-refractivity contribution in [2.24, 2.45) is 0 Å². The molecule has 0 radical (unpaired) electrons. The zero-order valence-electron chi connectivity index (χ0n) is 10.2. The highest BCUT2D eigenvalue weighted by molar-refractivity contribution is 9.10. The number of carbonyl (C=O) groups excluding carboxylic acids is 1. The first-order chi connectivity index (χ1) is 8.97. The fourth-order valence-corrected chi connectivity index (χ4v) is 1.95. The van der Waals surface area contributed by atoms with Gasteiger partial charge in [-0.1, -0.05) is 22.0 Å². The lowest BCUT2D eigenvalue weighted by molar-refractivity contribution is 0.102. The Morgan fingerprint density at radius 1 is 1.26 bits per heavy atom. The zero-order chi connectivity index (χ0) is 14.0. The van der Waals surface area contributed by atoms with E-state index >= 15 is 0 Å². The van der Waals surface area contributed by atoms with E-state index in [4.69, 9.17) is 5.73 Å². The topological polar surface area (TPSA) is 55.1 Å². The van der Waals surface area contributed by atoms with Gasteiger partial charge in [0.15, 0.2) is 0 Å². The fraction of sp³-hybridized carbons (Fsp3) is 0.0714. The molecule has 0 unspecified atom stereocenters. The second kappa shape index (κ2) is 5.40. The Morgan fingerprint density at radius 3 is 2.68 bits per heavy atom. The summed E-state index contributed by atoms with van der Waals surface area (Å²) in [6.45, 7) is 1.92. The molecule has 0 aliphatic rings. The van der Waals surface area contributed by atoms with E-state index < -0.39 is 5.82 Å². The van der Waals surface area contributed by atoms with E-state index in [1.807, 2.05) is 13.0 Å². The van der Waals surface area contributed by atoms with Crippen LogP contribution in [0.3, 0.4) is 0 Å². The first kappa shape index (κ1) is 13.5. The minimum atomic E-state index is -0.520. The predicted octanol–water partition coefficient (Wildman–Crippen LogP) is 3.73. The van der Waals surface area contributed by atoms with Crippen LogP contribution in [0, 0.1) is 12.7 Å². The van der Waals surface area contributed by atoms with E-state index in [2.05, 4.69) is 21.2 Å². The molecule has 3 nitrogen and oxygen atoms in total. The molecule has 0 saturated carbocycles. The number of carbonyl (C=O) groups is 1. The van der Waals surface area contributed by atoms with Gasteiger partial charge in [-0.05, 0) is 42.8 Å². The second-order valence-corrected chi connectivity index (χ2v) is 5.01. The molecule has 0 aliphatic heterocycles. The molecule has 2 aromatic rings. The highest BCUT2D eigenvalue weighted by Crippen LogP contribution is 2.21. The standard InChI is InChI=1S/C14H12BrFN2O/c1-8-2-3-9(6-11(8)15)14(19)18-13-7-10(17)4-5-12(13)16/h2-7H,17H2,1H3,(H,18,19). The number of amides is 1.